The summed E-state index contributed by atoms with van der Waals surface area (Å²) in [6.45, 7) is 0. The van der Waals surface area contributed by atoms with Crippen LogP contribution in [-0.2, 0) is 10.8 Å². The molecule has 0 aliphatic heterocycles. The number of hydrogen-bond donors (Lipinski definition) is 0. The van der Waals surface area contributed by atoms with Gasteiger partial charge in [-0.15, -0.1) is 0 Å². The van der Waals surface area contributed by atoms with Crippen LogP contribution in [0, 0.1) is 0 Å². The molecule has 1 unspecified atom stereocenters. The predicted molar refractivity (Wildman–Crippen MR) is 47.5 cm³/mol. The zero-order valence-corrected chi connectivity index (χ0v) is 7.65. The van der Waals surface area contributed by atoms with E-state index in [9.17, 15) is 4.21 Å². The average molecular weight is 194 g/mol. The lowest BCUT2D eigenvalue weighted by atomic mass is 10.4. The number of aromatic nitrogens is 4. The lowest BCUT2D eigenvalue weighted by Gasteiger charge is -1.96. The number of hydrogen-bond acceptors (Lipinski definition) is 5. The highest BCUT2D eigenvalue weighted by Gasteiger charge is 2.02. The van der Waals surface area contributed by atoms with Gasteiger partial charge in [0.05, 0.1) is 23.2 Å². The largest absolute Gasteiger partial charge is 0.251 e. The van der Waals surface area contributed by atoms with Crippen molar-refractivity contribution in [2.75, 3.05) is 6.26 Å². The maximum absolute atomic E-state index is 11.0. The summed E-state index contributed by atoms with van der Waals surface area (Å²) in [6, 6.07) is 0. The van der Waals surface area contributed by atoms with Crippen LogP contribution in [0.5, 0.6) is 0 Å². The summed E-state index contributed by atoms with van der Waals surface area (Å²) in [7, 11) is -1.16. The summed E-state index contributed by atoms with van der Waals surface area (Å²) < 4.78 is 11.0. The van der Waals surface area contributed by atoms with Crippen LogP contribution >= 0.6 is 0 Å². The van der Waals surface area contributed by atoms with Crippen LogP contribution in [0.1, 0.15) is 0 Å². The van der Waals surface area contributed by atoms with E-state index in [1.807, 2.05) is 0 Å². The molecule has 0 N–H and O–H groups in total. The zero-order valence-electron chi connectivity index (χ0n) is 6.84. The van der Waals surface area contributed by atoms with Gasteiger partial charge in [-0.3, -0.25) is 4.21 Å². The maximum Gasteiger partial charge on any atom is 0.218 e. The van der Waals surface area contributed by atoms with E-state index in [4.69, 9.17) is 0 Å². The van der Waals surface area contributed by atoms with E-state index in [1.165, 1.54) is 12.6 Å². The molecule has 0 saturated carbocycles. The second-order valence-corrected chi connectivity index (χ2v) is 3.67. The highest BCUT2D eigenvalue weighted by Crippen LogP contribution is 2.06. The van der Waals surface area contributed by atoms with Crippen LogP contribution in [0.15, 0.2) is 23.9 Å². The number of rotatable bonds is 1. The van der Waals surface area contributed by atoms with E-state index in [0.717, 1.165) is 0 Å². The van der Waals surface area contributed by atoms with Crippen molar-refractivity contribution in [2.45, 2.75) is 5.16 Å². The summed E-state index contributed by atoms with van der Waals surface area (Å²) in [5.74, 6) is 0. The van der Waals surface area contributed by atoms with Crippen molar-refractivity contribution in [3.8, 4) is 0 Å². The zero-order chi connectivity index (χ0) is 9.26. The van der Waals surface area contributed by atoms with E-state index in [0.29, 0.717) is 16.2 Å². The van der Waals surface area contributed by atoms with Crippen molar-refractivity contribution in [3.63, 3.8) is 0 Å². The molecule has 2 heterocycles. The second-order valence-electron chi connectivity index (χ2n) is 2.40. The summed E-state index contributed by atoms with van der Waals surface area (Å²) >= 11 is 0. The van der Waals surface area contributed by atoms with Crippen LogP contribution in [0.25, 0.3) is 11.0 Å². The molecule has 0 bridgehead atoms. The van der Waals surface area contributed by atoms with Crippen LogP contribution in [0.2, 0.25) is 0 Å². The monoisotopic (exact) mass is 194 g/mol. The fourth-order valence-electron chi connectivity index (χ4n) is 0.904. The van der Waals surface area contributed by atoms with Gasteiger partial charge in [0.1, 0.15) is 17.4 Å². The minimum Gasteiger partial charge on any atom is -0.251 e. The predicted octanol–water partition coefficient (Wildman–Crippen LogP) is 0.157. The highest BCUT2D eigenvalue weighted by atomic mass is 32.2. The molecular weight excluding hydrogens is 188 g/mol. The minimum absolute atomic E-state index is 0.308. The van der Waals surface area contributed by atoms with E-state index in [1.54, 1.807) is 12.4 Å². The van der Waals surface area contributed by atoms with Gasteiger partial charge in [-0.05, 0) is 0 Å². The van der Waals surface area contributed by atoms with Gasteiger partial charge in [0, 0.05) is 6.26 Å². The normalized spacial score (nSPS) is 13.0. The Balaban J connectivity index is 2.69. The molecule has 0 aliphatic carbocycles. The van der Waals surface area contributed by atoms with Crippen LogP contribution in [0.4, 0.5) is 0 Å². The Morgan fingerprint density at radius 3 is 2.85 bits per heavy atom. The van der Waals surface area contributed by atoms with Crippen molar-refractivity contribution >= 4 is 21.8 Å². The Hall–Kier alpha value is -1.43. The molecule has 0 saturated heterocycles. The molecular formula is C7H6N4OS. The van der Waals surface area contributed by atoms with Crippen molar-refractivity contribution in [2.24, 2.45) is 0 Å². The fourth-order valence-corrected chi connectivity index (χ4v) is 1.33. The standard InChI is InChI=1S/C7H6N4OS/c1-13(12)7-9-3-5-6(11-7)2-8-4-10-5/h2-4H,1H3. The van der Waals surface area contributed by atoms with E-state index in [2.05, 4.69) is 19.9 Å². The van der Waals surface area contributed by atoms with Crippen molar-refractivity contribution in [1.29, 1.82) is 0 Å². The molecule has 0 radical (unpaired) electrons. The third-order valence-electron chi connectivity index (χ3n) is 1.49. The van der Waals surface area contributed by atoms with Gasteiger partial charge in [0.25, 0.3) is 0 Å². The molecule has 6 heteroatoms. The Bertz CT molecular complexity index is 473. The first-order valence-corrected chi connectivity index (χ1v) is 5.09. The average Bonchev–Trinajstić information content (AvgIpc) is 2.17. The summed E-state index contributed by atoms with van der Waals surface area (Å²) in [6.07, 6.45) is 6.07. The quantitative estimate of drug-likeness (QED) is 0.605. The Kier molecular flexibility index (Phi) is 1.97. The smallest absolute Gasteiger partial charge is 0.218 e. The van der Waals surface area contributed by atoms with Crippen molar-refractivity contribution in [3.05, 3.63) is 18.7 Å². The molecule has 0 aromatic carbocycles. The van der Waals surface area contributed by atoms with Gasteiger partial charge >= 0.3 is 0 Å². The molecule has 0 aliphatic rings. The second kappa shape index (κ2) is 3.14. The van der Waals surface area contributed by atoms with Crippen LogP contribution in [-0.4, -0.2) is 30.4 Å². The minimum atomic E-state index is -1.16. The molecule has 13 heavy (non-hydrogen) atoms. The van der Waals surface area contributed by atoms with E-state index < -0.39 is 10.8 Å². The van der Waals surface area contributed by atoms with Crippen molar-refractivity contribution < 1.29 is 4.21 Å². The van der Waals surface area contributed by atoms with Crippen LogP contribution in [0.3, 0.4) is 0 Å². The Morgan fingerprint density at radius 2 is 2.08 bits per heavy atom. The summed E-state index contributed by atoms with van der Waals surface area (Å²) in [4.78, 5) is 15.7. The first kappa shape index (κ1) is 8.18. The topological polar surface area (TPSA) is 68.6 Å². The fraction of sp³-hybridized carbons (Fsp3) is 0.143. The molecule has 66 valence electrons. The van der Waals surface area contributed by atoms with Crippen molar-refractivity contribution in [1.82, 2.24) is 19.9 Å². The van der Waals surface area contributed by atoms with E-state index in [-0.39, 0.29) is 0 Å². The Morgan fingerprint density at radius 1 is 1.23 bits per heavy atom. The third kappa shape index (κ3) is 1.52. The Labute approximate surface area is 76.7 Å². The van der Waals surface area contributed by atoms with Gasteiger partial charge in [-0.1, -0.05) is 0 Å². The summed E-state index contributed by atoms with van der Waals surface area (Å²) in [5.41, 5.74) is 1.27. The van der Waals surface area contributed by atoms with Gasteiger partial charge in [-0.2, -0.15) is 0 Å². The molecule has 0 spiro atoms. The van der Waals surface area contributed by atoms with Gasteiger partial charge < -0.3 is 0 Å². The van der Waals surface area contributed by atoms with Gasteiger partial charge in [0.15, 0.2) is 0 Å². The van der Waals surface area contributed by atoms with Gasteiger partial charge in [0.2, 0.25) is 5.16 Å². The summed E-state index contributed by atoms with van der Waals surface area (Å²) in [5, 5.41) is 0.308. The number of nitrogens with zero attached hydrogens (tertiary/aromatic N) is 4. The maximum atomic E-state index is 11.0. The lowest BCUT2D eigenvalue weighted by Crippen LogP contribution is -1.97. The van der Waals surface area contributed by atoms with E-state index >= 15 is 0 Å². The molecule has 0 fully saturated rings. The SMILES string of the molecule is CS(=O)c1ncc2ncncc2n1. The molecule has 2 rings (SSSR count). The van der Waals surface area contributed by atoms with Crippen LogP contribution < -0.4 is 0 Å². The highest BCUT2D eigenvalue weighted by molar-refractivity contribution is 7.84. The third-order valence-corrected chi connectivity index (χ3v) is 2.20. The first-order chi connectivity index (χ1) is 6.27. The molecule has 0 amide bonds. The van der Waals surface area contributed by atoms with Gasteiger partial charge in [-0.25, -0.2) is 19.9 Å². The number of fused-ring (bicyclic) bond motifs is 1. The molecule has 1 atom stereocenters. The lowest BCUT2D eigenvalue weighted by molar-refractivity contribution is 0.680. The molecule has 5 nitrogen and oxygen atoms in total. The first-order valence-electron chi connectivity index (χ1n) is 3.53. The molecule has 2 aromatic rings. The molecule has 2 aromatic heterocycles.